The smallest absolute Gasteiger partial charge is 0.306 e. The van der Waals surface area contributed by atoms with Gasteiger partial charge in [0, 0.05) is 19.3 Å². The normalized spacial score (nSPS) is 12.6. The van der Waals surface area contributed by atoms with Crippen molar-refractivity contribution in [2.45, 2.75) is 253 Å². The maximum absolute atomic E-state index is 12.7. The standard InChI is InChI=1S/C46H88O6/c1-6-8-9-10-19-26-31-36-44(47)50-39-43(40-51-45(48)37-32-27-23-22-24-29-34-41(3)4)52-46(49)38-33-28-21-18-16-14-12-11-13-15-17-20-25-30-35-42(5)7-2/h41-43H,6-40H2,1-5H3/t42?,43-/m0/s1. The Morgan fingerprint density at radius 2 is 0.731 bits per heavy atom. The third-order valence-electron chi connectivity index (χ3n) is 10.6. The molecule has 1 unspecified atom stereocenters. The summed E-state index contributed by atoms with van der Waals surface area (Å²) in [4.78, 5) is 37.5. The monoisotopic (exact) mass is 737 g/mol. The van der Waals surface area contributed by atoms with Crippen molar-refractivity contribution in [2.75, 3.05) is 13.2 Å². The van der Waals surface area contributed by atoms with E-state index in [1.54, 1.807) is 0 Å². The first-order valence-electron chi connectivity index (χ1n) is 22.8. The number of hydrogen-bond acceptors (Lipinski definition) is 6. The van der Waals surface area contributed by atoms with E-state index < -0.39 is 6.10 Å². The van der Waals surface area contributed by atoms with E-state index in [1.807, 2.05) is 0 Å². The molecule has 0 spiro atoms. The molecule has 0 radical (unpaired) electrons. The van der Waals surface area contributed by atoms with E-state index in [0.29, 0.717) is 19.3 Å². The third-order valence-corrected chi connectivity index (χ3v) is 10.6. The van der Waals surface area contributed by atoms with Crippen LogP contribution in [0.3, 0.4) is 0 Å². The predicted molar refractivity (Wildman–Crippen MR) is 220 cm³/mol. The van der Waals surface area contributed by atoms with Gasteiger partial charge in [-0.3, -0.25) is 14.4 Å². The molecule has 0 saturated heterocycles. The second-order valence-corrected chi connectivity index (χ2v) is 16.4. The van der Waals surface area contributed by atoms with E-state index in [1.165, 1.54) is 135 Å². The van der Waals surface area contributed by atoms with E-state index in [4.69, 9.17) is 14.2 Å². The van der Waals surface area contributed by atoms with Gasteiger partial charge in [0.2, 0.25) is 0 Å². The number of esters is 3. The molecule has 52 heavy (non-hydrogen) atoms. The van der Waals surface area contributed by atoms with Gasteiger partial charge in [-0.15, -0.1) is 0 Å². The van der Waals surface area contributed by atoms with E-state index >= 15 is 0 Å². The summed E-state index contributed by atoms with van der Waals surface area (Å²) in [5, 5.41) is 0. The van der Waals surface area contributed by atoms with Gasteiger partial charge in [0.25, 0.3) is 0 Å². The van der Waals surface area contributed by atoms with Crippen molar-refractivity contribution in [1.82, 2.24) is 0 Å². The number of hydrogen-bond donors (Lipinski definition) is 0. The van der Waals surface area contributed by atoms with Gasteiger partial charge in [0.05, 0.1) is 0 Å². The molecule has 0 N–H and O–H groups in total. The Bertz CT molecular complexity index is 796. The fraction of sp³-hybridized carbons (Fsp3) is 0.935. The van der Waals surface area contributed by atoms with Gasteiger partial charge in [-0.1, -0.05) is 208 Å². The van der Waals surface area contributed by atoms with Crippen LogP contribution < -0.4 is 0 Å². The minimum absolute atomic E-state index is 0.0664. The summed E-state index contributed by atoms with van der Waals surface area (Å²) in [5.74, 6) is 0.790. The van der Waals surface area contributed by atoms with Crippen LogP contribution in [0.5, 0.6) is 0 Å². The lowest BCUT2D eigenvalue weighted by atomic mass is 9.99. The number of ether oxygens (including phenoxy) is 3. The van der Waals surface area contributed by atoms with Crippen LogP contribution in [0.4, 0.5) is 0 Å². The second-order valence-electron chi connectivity index (χ2n) is 16.4. The van der Waals surface area contributed by atoms with Crippen LogP contribution in [0.25, 0.3) is 0 Å². The zero-order valence-corrected chi connectivity index (χ0v) is 35.4. The van der Waals surface area contributed by atoms with Crippen molar-refractivity contribution in [3.05, 3.63) is 0 Å². The highest BCUT2D eigenvalue weighted by molar-refractivity contribution is 5.71. The highest BCUT2D eigenvalue weighted by atomic mass is 16.6. The Morgan fingerprint density at radius 1 is 0.404 bits per heavy atom. The van der Waals surface area contributed by atoms with Crippen molar-refractivity contribution >= 4 is 17.9 Å². The Hall–Kier alpha value is -1.59. The first-order chi connectivity index (χ1) is 25.3. The van der Waals surface area contributed by atoms with Gasteiger partial charge in [0.1, 0.15) is 13.2 Å². The zero-order valence-electron chi connectivity index (χ0n) is 35.4. The van der Waals surface area contributed by atoms with Gasteiger partial charge in [-0.25, -0.2) is 0 Å². The molecule has 0 aromatic carbocycles. The Labute approximate surface area is 323 Å². The molecule has 0 aliphatic heterocycles. The van der Waals surface area contributed by atoms with Crippen LogP contribution >= 0.6 is 0 Å². The van der Waals surface area contributed by atoms with Crippen LogP contribution in [-0.4, -0.2) is 37.2 Å². The van der Waals surface area contributed by atoms with Crippen molar-refractivity contribution in [2.24, 2.45) is 11.8 Å². The number of rotatable bonds is 40. The van der Waals surface area contributed by atoms with E-state index in [9.17, 15) is 14.4 Å². The van der Waals surface area contributed by atoms with Gasteiger partial charge in [0.15, 0.2) is 6.10 Å². The summed E-state index contributed by atoms with van der Waals surface area (Å²) in [6.45, 7) is 11.3. The van der Waals surface area contributed by atoms with Crippen molar-refractivity contribution in [3.8, 4) is 0 Å². The van der Waals surface area contributed by atoms with E-state index in [-0.39, 0.29) is 31.1 Å². The molecule has 6 heteroatoms. The lowest BCUT2D eigenvalue weighted by Crippen LogP contribution is -2.30. The van der Waals surface area contributed by atoms with Crippen molar-refractivity contribution in [1.29, 1.82) is 0 Å². The van der Waals surface area contributed by atoms with Gasteiger partial charge >= 0.3 is 17.9 Å². The fourth-order valence-electron chi connectivity index (χ4n) is 6.72. The Kier molecular flexibility index (Phi) is 37.9. The minimum atomic E-state index is -0.759. The van der Waals surface area contributed by atoms with Crippen LogP contribution in [0, 0.1) is 11.8 Å². The number of carbonyl (C=O) groups is 3. The SMILES string of the molecule is CCCCCCCCCC(=O)OC[C@@H](COC(=O)CCCCCCCCC(C)C)OC(=O)CCCCCCCCCCCCCCCCC(C)CC. The molecule has 0 aromatic heterocycles. The summed E-state index contributed by atoms with van der Waals surface area (Å²) in [6.07, 6.45) is 36.8. The van der Waals surface area contributed by atoms with Crippen LogP contribution in [-0.2, 0) is 28.6 Å². The minimum Gasteiger partial charge on any atom is -0.462 e. The summed E-state index contributed by atoms with van der Waals surface area (Å²) in [7, 11) is 0. The van der Waals surface area contributed by atoms with Crippen LogP contribution in [0.2, 0.25) is 0 Å². The summed E-state index contributed by atoms with van der Waals surface area (Å²) < 4.78 is 16.6. The van der Waals surface area contributed by atoms with Gasteiger partial charge in [-0.2, -0.15) is 0 Å². The molecule has 0 heterocycles. The molecule has 0 saturated carbocycles. The average molecular weight is 737 g/mol. The lowest BCUT2D eigenvalue weighted by molar-refractivity contribution is -0.167. The molecule has 0 aliphatic carbocycles. The number of unbranched alkanes of at least 4 members (excludes halogenated alkanes) is 24. The van der Waals surface area contributed by atoms with Crippen LogP contribution in [0.1, 0.15) is 247 Å². The third kappa shape index (κ3) is 38.1. The molecule has 0 rings (SSSR count). The molecular formula is C46H88O6. The molecule has 0 fully saturated rings. The highest BCUT2D eigenvalue weighted by Gasteiger charge is 2.19. The molecule has 0 bridgehead atoms. The number of carbonyl (C=O) groups excluding carboxylic acids is 3. The Balaban J connectivity index is 4.21. The lowest BCUT2D eigenvalue weighted by Gasteiger charge is -2.18. The van der Waals surface area contributed by atoms with Crippen LogP contribution in [0.15, 0.2) is 0 Å². The summed E-state index contributed by atoms with van der Waals surface area (Å²) in [6, 6.07) is 0. The largest absolute Gasteiger partial charge is 0.462 e. The quantitative estimate of drug-likeness (QED) is 0.0354. The predicted octanol–water partition coefficient (Wildman–Crippen LogP) is 14.2. The maximum Gasteiger partial charge on any atom is 0.306 e. The molecule has 308 valence electrons. The fourth-order valence-corrected chi connectivity index (χ4v) is 6.72. The molecule has 2 atom stereocenters. The molecule has 0 aliphatic rings. The molecule has 0 aromatic rings. The zero-order chi connectivity index (χ0) is 38.3. The average Bonchev–Trinajstić information content (AvgIpc) is 3.12. The van der Waals surface area contributed by atoms with Gasteiger partial charge in [-0.05, 0) is 31.1 Å². The van der Waals surface area contributed by atoms with Crippen molar-refractivity contribution < 1.29 is 28.6 Å². The van der Waals surface area contributed by atoms with E-state index in [0.717, 1.165) is 69.6 Å². The van der Waals surface area contributed by atoms with Gasteiger partial charge < -0.3 is 14.2 Å². The molecule has 6 nitrogen and oxygen atoms in total. The topological polar surface area (TPSA) is 78.9 Å². The first kappa shape index (κ1) is 50.4. The summed E-state index contributed by atoms with van der Waals surface area (Å²) >= 11 is 0. The molecule has 0 amide bonds. The van der Waals surface area contributed by atoms with E-state index in [2.05, 4.69) is 34.6 Å². The molecular weight excluding hydrogens is 649 g/mol. The van der Waals surface area contributed by atoms with Crippen molar-refractivity contribution in [3.63, 3.8) is 0 Å². The first-order valence-corrected chi connectivity index (χ1v) is 22.8. The second kappa shape index (κ2) is 39.1. The summed E-state index contributed by atoms with van der Waals surface area (Å²) in [5.41, 5.74) is 0. The highest BCUT2D eigenvalue weighted by Crippen LogP contribution is 2.17. The maximum atomic E-state index is 12.7. The Morgan fingerprint density at radius 3 is 1.10 bits per heavy atom.